The summed E-state index contributed by atoms with van der Waals surface area (Å²) in [6, 6.07) is 8.96. The van der Waals surface area contributed by atoms with Gasteiger partial charge in [-0.15, -0.1) is 0 Å². The summed E-state index contributed by atoms with van der Waals surface area (Å²) in [6.45, 7) is 3.92. The summed E-state index contributed by atoms with van der Waals surface area (Å²) in [4.78, 5) is 12.4. The summed E-state index contributed by atoms with van der Waals surface area (Å²) in [5.41, 5.74) is 0.977. The van der Waals surface area contributed by atoms with Crippen LogP contribution in [0, 0.1) is 13.8 Å². The number of carbonyl (C=O) groups is 1. The maximum absolute atomic E-state index is 12.8. The zero-order chi connectivity index (χ0) is 18.0. The van der Waals surface area contributed by atoms with Crippen LogP contribution in [0.2, 0.25) is 0 Å². The number of aromatic nitrogens is 1. The van der Waals surface area contributed by atoms with Gasteiger partial charge in [-0.05, 0) is 38.8 Å². The summed E-state index contributed by atoms with van der Waals surface area (Å²) in [5, 5.41) is 6.70. The molecule has 1 aliphatic rings. The van der Waals surface area contributed by atoms with E-state index in [-0.39, 0.29) is 16.8 Å². The molecule has 1 aliphatic heterocycles. The molecule has 3 rings (SSSR count). The molecule has 7 nitrogen and oxygen atoms in total. The van der Waals surface area contributed by atoms with Crippen LogP contribution in [0.15, 0.2) is 39.8 Å². The maximum atomic E-state index is 12.8. The number of aryl methyl sites for hydroxylation is 2. The topological polar surface area (TPSA) is 92.5 Å². The predicted octanol–water partition coefficient (Wildman–Crippen LogP) is 1.87. The van der Waals surface area contributed by atoms with E-state index in [2.05, 4.69) is 10.5 Å². The fourth-order valence-corrected chi connectivity index (χ4v) is 4.83. The summed E-state index contributed by atoms with van der Waals surface area (Å²) < 4.78 is 32.0. The molecule has 1 aromatic carbocycles. The van der Waals surface area contributed by atoms with E-state index in [9.17, 15) is 13.2 Å². The van der Waals surface area contributed by atoms with Crippen molar-refractivity contribution in [3.8, 4) is 0 Å². The lowest BCUT2D eigenvalue weighted by Gasteiger charge is -2.31. The monoisotopic (exact) mass is 363 g/mol. The number of benzene rings is 1. The van der Waals surface area contributed by atoms with Crippen molar-refractivity contribution in [1.82, 2.24) is 14.8 Å². The molecule has 1 amide bonds. The Kier molecular flexibility index (Phi) is 4.91. The van der Waals surface area contributed by atoms with E-state index in [0.717, 1.165) is 0 Å². The van der Waals surface area contributed by atoms with Gasteiger partial charge >= 0.3 is 0 Å². The summed E-state index contributed by atoms with van der Waals surface area (Å²) >= 11 is 0. The maximum Gasteiger partial charge on any atom is 0.251 e. The van der Waals surface area contributed by atoms with Gasteiger partial charge in [-0.1, -0.05) is 23.4 Å². The Bertz CT molecular complexity index is 834. The van der Waals surface area contributed by atoms with Gasteiger partial charge < -0.3 is 9.84 Å². The zero-order valence-corrected chi connectivity index (χ0v) is 15.0. The van der Waals surface area contributed by atoms with Gasteiger partial charge in [0.25, 0.3) is 5.91 Å². The van der Waals surface area contributed by atoms with E-state index in [0.29, 0.717) is 42.9 Å². The smallest absolute Gasteiger partial charge is 0.251 e. The molecule has 1 N–H and O–H groups in total. The van der Waals surface area contributed by atoms with Crippen molar-refractivity contribution in [2.45, 2.75) is 37.6 Å². The normalized spacial score (nSPS) is 16.7. The highest BCUT2D eigenvalue weighted by molar-refractivity contribution is 7.89. The number of amides is 1. The Morgan fingerprint density at radius 3 is 2.40 bits per heavy atom. The molecule has 2 aromatic rings. The van der Waals surface area contributed by atoms with Gasteiger partial charge in [0.1, 0.15) is 10.6 Å². The molecule has 0 saturated carbocycles. The van der Waals surface area contributed by atoms with Gasteiger partial charge in [0.05, 0.1) is 0 Å². The van der Waals surface area contributed by atoms with E-state index in [4.69, 9.17) is 4.52 Å². The first kappa shape index (κ1) is 17.6. The van der Waals surface area contributed by atoms with Crippen molar-refractivity contribution in [1.29, 1.82) is 0 Å². The van der Waals surface area contributed by atoms with E-state index in [1.54, 1.807) is 26.0 Å². The van der Waals surface area contributed by atoms with E-state index in [1.165, 1.54) is 4.31 Å². The summed E-state index contributed by atoms with van der Waals surface area (Å²) in [6.07, 6.45) is 1.14. The Balaban J connectivity index is 1.63. The molecular weight excluding hydrogens is 342 g/mol. The number of sulfonamides is 1. The Hall–Kier alpha value is -2.19. The minimum Gasteiger partial charge on any atom is -0.360 e. The number of hydrogen-bond acceptors (Lipinski definition) is 5. The fourth-order valence-electron chi connectivity index (χ4n) is 3.07. The largest absolute Gasteiger partial charge is 0.360 e. The SMILES string of the molecule is Cc1noc(C)c1S(=O)(=O)N1CCC(NC(=O)c2ccccc2)CC1. The fraction of sp³-hybridized carbons (Fsp3) is 0.412. The van der Waals surface area contributed by atoms with Crippen molar-refractivity contribution in [3.05, 3.63) is 47.3 Å². The molecule has 1 aromatic heterocycles. The quantitative estimate of drug-likeness (QED) is 0.895. The van der Waals surface area contributed by atoms with Crippen LogP contribution >= 0.6 is 0 Å². The van der Waals surface area contributed by atoms with Crippen molar-refractivity contribution < 1.29 is 17.7 Å². The molecule has 1 saturated heterocycles. The van der Waals surface area contributed by atoms with Crippen molar-refractivity contribution in [3.63, 3.8) is 0 Å². The van der Waals surface area contributed by atoms with Crippen LogP contribution in [0.1, 0.15) is 34.7 Å². The average Bonchev–Trinajstić information content (AvgIpc) is 2.95. The highest BCUT2D eigenvalue weighted by Gasteiger charge is 2.34. The van der Waals surface area contributed by atoms with Gasteiger partial charge in [0, 0.05) is 24.7 Å². The first-order valence-electron chi connectivity index (χ1n) is 8.18. The van der Waals surface area contributed by atoms with Crippen molar-refractivity contribution in [2.75, 3.05) is 13.1 Å². The van der Waals surface area contributed by atoms with Crippen LogP contribution in [0.3, 0.4) is 0 Å². The molecule has 1 fully saturated rings. The second kappa shape index (κ2) is 6.97. The van der Waals surface area contributed by atoms with Gasteiger partial charge in [0.2, 0.25) is 10.0 Å². The summed E-state index contributed by atoms with van der Waals surface area (Å²) in [5.74, 6) is 0.171. The number of rotatable bonds is 4. The lowest BCUT2D eigenvalue weighted by atomic mass is 10.1. The van der Waals surface area contributed by atoms with E-state index in [1.807, 2.05) is 18.2 Å². The van der Waals surface area contributed by atoms with Crippen LogP contribution in [-0.2, 0) is 10.0 Å². The lowest BCUT2D eigenvalue weighted by Crippen LogP contribution is -2.46. The highest BCUT2D eigenvalue weighted by Crippen LogP contribution is 2.26. The number of hydrogen-bond donors (Lipinski definition) is 1. The van der Waals surface area contributed by atoms with Crippen LogP contribution in [-0.4, -0.2) is 42.9 Å². The molecule has 0 spiro atoms. The zero-order valence-electron chi connectivity index (χ0n) is 14.2. The van der Waals surface area contributed by atoms with Crippen LogP contribution in [0.5, 0.6) is 0 Å². The first-order chi connectivity index (χ1) is 11.9. The molecule has 0 bridgehead atoms. The van der Waals surface area contributed by atoms with Gasteiger partial charge in [-0.25, -0.2) is 8.42 Å². The average molecular weight is 363 g/mol. The Morgan fingerprint density at radius 2 is 1.84 bits per heavy atom. The number of carbonyl (C=O) groups excluding carboxylic acids is 1. The van der Waals surface area contributed by atoms with E-state index >= 15 is 0 Å². The third kappa shape index (κ3) is 3.59. The minimum absolute atomic E-state index is 0.0381. The molecule has 134 valence electrons. The second-order valence-corrected chi connectivity index (χ2v) is 8.05. The van der Waals surface area contributed by atoms with Crippen LogP contribution in [0.4, 0.5) is 0 Å². The standard InChI is InChI=1S/C17H21N3O4S/c1-12-16(13(2)24-19-12)25(22,23)20-10-8-15(9-11-20)18-17(21)14-6-4-3-5-7-14/h3-7,15H,8-11H2,1-2H3,(H,18,21). The molecule has 0 aliphatic carbocycles. The van der Waals surface area contributed by atoms with Crippen molar-refractivity contribution in [2.24, 2.45) is 0 Å². The number of nitrogens with one attached hydrogen (secondary N) is 1. The number of nitrogens with zero attached hydrogens (tertiary/aromatic N) is 2. The Labute approximate surface area is 147 Å². The Morgan fingerprint density at radius 1 is 1.20 bits per heavy atom. The van der Waals surface area contributed by atoms with Crippen molar-refractivity contribution >= 4 is 15.9 Å². The summed E-state index contributed by atoms with van der Waals surface area (Å²) in [7, 11) is -3.62. The molecule has 0 atom stereocenters. The minimum atomic E-state index is -3.62. The molecule has 0 radical (unpaired) electrons. The predicted molar refractivity (Wildman–Crippen MR) is 91.7 cm³/mol. The molecule has 2 heterocycles. The molecule has 25 heavy (non-hydrogen) atoms. The van der Waals surface area contributed by atoms with Gasteiger partial charge in [-0.3, -0.25) is 4.79 Å². The van der Waals surface area contributed by atoms with E-state index < -0.39 is 10.0 Å². The number of piperidine rings is 1. The molecular formula is C17H21N3O4S. The van der Waals surface area contributed by atoms with Crippen LogP contribution in [0.25, 0.3) is 0 Å². The van der Waals surface area contributed by atoms with Gasteiger partial charge in [-0.2, -0.15) is 4.31 Å². The highest BCUT2D eigenvalue weighted by atomic mass is 32.2. The van der Waals surface area contributed by atoms with Crippen LogP contribution < -0.4 is 5.32 Å². The molecule has 0 unspecified atom stereocenters. The third-order valence-electron chi connectivity index (χ3n) is 4.39. The van der Waals surface area contributed by atoms with Gasteiger partial charge in [0.15, 0.2) is 5.76 Å². The second-order valence-electron chi connectivity index (χ2n) is 6.17. The molecule has 8 heteroatoms. The lowest BCUT2D eigenvalue weighted by molar-refractivity contribution is 0.0924. The third-order valence-corrected chi connectivity index (χ3v) is 6.53. The first-order valence-corrected chi connectivity index (χ1v) is 9.62.